The minimum atomic E-state index is -0.139. The number of phenolic OH excluding ortho intramolecular Hbond substituents is 2. The van der Waals surface area contributed by atoms with Gasteiger partial charge in [0.2, 0.25) is 5.91 Å². The zero-order chi connectivity index (χ0) is 16.3. The molecular weight excluding hydrogens is 280 g/mol. The number of nitrogens with zero attached hydrogens (tertiary/aromatic N) is 1. The van der Waals surface area contributed by atoms with Crippen molar-refractivity contribution in [3.8, 4) is 11.5 Å². The van der Waals surface area contributed by atoms with E-state index in [1.807, 2.05) is 4.90 Å². The van der Waals surface area contributed by atoms with Crippen LogP contribution in [-0.4, -0.2) is 46.7 Å². The minimum absolute atomic E-state index is 0.0416. The van der Waals surface area contributed by atoms with E-state index in [1.165, 1.54) is 12.1 Å². The molecule has 2 rings (SSSR count). The topological polar surface area (TPSA) is 72.8 Å². The number of amides is 1. The standard InChI is InChI=1S/C17H26N2O3/c1-17(2,3)15-11-18-8-9-19(15)16(22)7-5-12-4-6-13(20)14(21)10-12/h4,6,10,15,18,20-21H,5,7-9,11H2,1-3H3. The molecule has 5 heteroatoms. The molecule has 1 fully saturated rings. The lowest BCUT2D eigenvalue weighted by molar-refractivity contribution is -0.137. The van der Waals surface area contributed by atoms with Gasteiger partial charge in [-0.15, -0.1) is 0 Å². The maximum atomic E-state index is 12.6. The molecule has 5 nitrogen and oxygen atoms in total. The molecular formula is C17H26N2O3. The van der Waals surface area contributed by atoms with Crippen LogP contribution >= 0.6 is 0 Å². The summed E-state index contributed by atoms with van der Waals surface area (Å²) in [5.74, 6) is -0.126. The molecule has 0 radical (unpaired) electrons. The van der Waals surface area contributed by atoms with Gasteiger partial charge in [-0.3, -0.25) is 4.79 Å². The second-order valence-electron chi connectivity index (χ2n) is 7.00. The predicted octanol–water partition coefficient (Wildman–Crippen LogP) is 1.88. The smallest absolute Gasteiger partial charge is 0.223 e. The highest BCUT2D eigenvalue weighted by Gasteiger charge is 2.34. The zero-order valence-electron chi connectivity index (χ0n) is 13.6. The van der Waals surface area contributed by atoms with E-state index in [0.717, 1.165) is 25.2 Å². The van der Waals surface area contributed by atoms with E-state index in [4.69, 9.17) is 0 Å². The van der Waals surface area contributed by atoms with E-state index in [-0.39, 0.29) is 28.9 Å². The summed E-state index contributed by atoms with van der Waals surface area (Å²) < 4.78 is 0. The van der Waals surface area contributed by atoms with Crippen molar-refractivity contribution in [3.63, 3.8) is 0 Å². The summed E-state index contributed by atoms with van der Waals surface area (Å²) in [4.78, 5) is 14.5. The second-order valence-corrected chi connectivity index (χ2v) is 7.00. The molecule has 1 unspecified atom stereocenters. The summed E-state index contributed by atoms with van der Waals surface area (Å²) in [6.45, 7) is 8.87. The van der Waals surface area contributed by atoms with Crippen LogP contribution in [0.5, 0.6) is 11.5 Å². The van der Waals surface area contributed by atoms with E-state index < -0.39 is 0 Å². The number of nitrogens with one attached hydrogen (secondary N) is 1. The second kappa shape index (κ2) is 6.57. The number of hydrogen-bond acceptors (Lipinski definition) is 4. The maximum absolute atomic E-state index is 12.6. The molecule has 1 aromatic carbocycles. The van der Waals surface area contributed by atoms with Gasteiger partial charge in [-0.2, -0.15) is 0 Å². The summed E-state index contributed by atoms with van der Waals surface area (Å²) >= 11 is 0. The van der Waals surface area contributed by atoms with Gasteiger partial charge in [0.15, 0.2) is 11.5 Å². The Labute approximate surface area is 131 Å². The first-order valence-electron chi connectivity index (χ1n) is 7.80. The molecule has 22 heavy (non-hydrogen) atoms. The molecule has 0 aromatic heterocycles. The highest BCUT2D eigenvalue weighted by Crippen LogP contribution is 2.27. The fourth-order valence-electron chi connectivity index (χ4n) is 2.90. The van der Waals surface area contributed by atoms with Crippen LogP contribution in [0, 0.1) is 5.41 Å². The number of carbonyl (C=O) groups is 1. The molecule has 1 atom stereocenters. The van der Waals surface area contributed by atoms with Gasteiger partial charge in [-0.25, -0.2) is 0 Å². The summed E-state index contributed by atoms with van der Waals surface area (Å²) in [7, 11) is 0. The quantitative estimate of drug-likeness (QED) is 0.746. The van der Waals surface area contributed by atoms with Crippen LogP contribution < -0.4 is 5.32 Å². The fraction of sp³-hybridized carbons (Fsp3) is 0.588. The average Bonchev–Trinajstić information content (AvgIpc) is 2.47. The van der Waals surface area contributed by atoms with Crippen molar-refractivity contribution >= 4 is 5.91 Å². The van der Waals surface area contributed by atoms with Crippen LogP contribution in [-0.2, 0) is 11.2 Å². The van der Waals surface area contributed by atoms with Gasteiger partial charge in [-0.1, -0.05) is 26.8 Å². The maximum Gasteiger partial charge on any atom is 0.223 e. The van der Waals surface area contributed by atoms with E-state index >= 15 is 0 Å². The molecule has 0 aliphatic carbocycles. The fourth-order valence-corrected chi connectivity index (χ4v) is 2.90. The molecule has 3 N–H and O–H groups in total. The third kappa shape index (κ3) is 3.91. The molecule has 0 bridgehead atoms. The van der Waals surface area contributed by atoms with Crippen molar-refractivity contribution < 1.29 is 15.0 Å². The van der Waals surface area contributed by atoms with E-state index in [0.29, 0.717) is 12.8 Å². The molecule has 122 valence electrons. The van der Waals surface area contributed by atoms with Crippen LogP contribution in [0.2, 0.25) is 0 Å². The molecule has 1 saturated heterocycles. The third-order valence-electron chi connectivity index (χ3n) is 4.23. The molecule has 0 saturated carbocycles. The summed E-state index contributed by atoms with van der Waals surface area (Å²) in [5, 5.41) is 22.2. The first-order valence-corrected chi connectivity index (χ1v) is 7.80. The van der Waals surface area contributed by atoms with Crippen molar-refractivity contribution in [2.45, 2.75) is 39.7 Å². The lowest BCUT2D eigenvalue weighted by Crippen LogP contribution is -2.58. The van der Waals surface area contributed by atoms with Gasteiger partial charge < -0.3 is 20.4 Å². The number of aromatic hydroxyl groups is 2. The van der Waals surface area contributed by atoms with Crippen LogP contribution in [0.1, 0.15) is 32.8 Å². The number of rotatable bonds is 3. The lowest BCUT2D eigenvalue weighted by Gasteiger charge is -2.43. The number of phenols is 2. The number of carbonyl (C=O) groups excluding carboxylic acids is 1. The van der Waals surface area contributed by atoms with Crippen molar-refractivity contribution in [1.82, 2.24) is 10.2 Å². The molecule has 1 aliphatic heterocycles. The first kappa shape index (κ1) is 16.6. The Morgan fingerprint density at radius 2 is 2.05 bits per heavy atom. The SMILES string of the molecule is CC(C)(C)C1CNCCN1C(=O)CCc1ccc(O)c(O)c1. The Balaban J connectivity index is 1.99. The molecule has 1 amide bonds. The average molecular weight is 306 g/mol. The van der Waals surface area contributed by atoms with Crippen molar-refractivity contribution in [2.24, 2.45) is 5.41 Å². The van der Waals surface area contributed by atoms with Gasteiger partial charge >= 0.3 is 0 Å². The first-order chi connectivity index (χ1) is 10.3. The molecule has 1 heterocycles. The Kier molecular flexibility index (Phi) is 4.96. The van der Waals surface area contributed by atoms with E-state index in [1.54, 1.807) is 6.07 Å². The minimum Gasteiger partial charge on any atom is -0.504 e. The number of aryl methyl sites for hydroxylation is 1. The Morgan fingerprint density at radius 1 is 1.32 bits per heavy atom. The van der Waals surface area contributed by atoms with Crippen molar-refractivity contribution in [2.75, 3.05) is 19.6 Å². The van der Waals surface area contributed by atoms with Crippen molar-refractivity contribution in [1.29, 1.82) is 0 Å². The highest BCUT2D eigenvalue weighted by molar-refractivity contribution is 5.77. The van der Waals surface area contributed by atoms with Crippen LogP contribution in [0.25, 0.3) is 0 Å². The number of hydrogen-bond donors (Lipinski definition) is 3. The van der Waals surface area contributed by atoms with Crippen LogP contribution in [0.4, 0.5) is 0 Å². The highest BCUT2D eigenvalue weighted by atomic mass is 16.3. The number of benzene rings is 1. The van der Waals surface area contributed by atoms with Gasteiger partial charge in [-0.05, 0) is 29.5 Å². The van der Waals surface area contributed by atoms with Crippen LogP contribution in [0.15, 0.2) is 18.2 Å². The Morgan fingerprint density at radius 3 is 2.68 bits per heavy atom. The van der Waals surface area contributed by atoms with Gasteiger partial charge in [0.1, 0.15) is 0 Å². The lowest BCUT2D eigenvalue weighted by atomic mass is 9.84. The Bertz CT molecular complexity index is 537. The van der Waals surface area contributed by atoms with Crippen molar-refractivity contribution in [3.05, 3.63) is 23.8 Å². The summed E-state index contributed by atoms with van der Waals surface area (Å²) in [6, 6.07) is 4.91. The molecule has 1 aliphatic rings. The Hall–Kier alpha value is -1.75. The largest absolute Gasteiger partial charge is 0.504 e. The molecule has 0 spiro atoms. The third-order valence-corrected chi connectivity index (χ3v) is 4.23. The molecule has 1 aromatic rings. The van der Waals surface area contributed by atoms with Gasteiger partial charge in [0.25, 0.3) is 0 Å². The summed E-state index contributed by atoms with van der Waals surface area (Å²) in [5.41, 5.74) is 0.894. The van der Waals surface area contributed by atoms with Crippen LogP contribution in [0.3, 0.4) is 0 Å². The monoisotopic (exact) mass is 306 g/mol. The predicted molar refractivity (Wildman–Crippen MR) is 85.9 cm³/mol. The number of piperazine rings is 1. The van der Waals surface area contributed by atoms with Gasteiger partial charge in [0, 0.05) is 32.1 Å². The zero-order valence-corrected chi connectivity index (χ0v) is 13.6. The summed E-state index contributed by atoms with van der Waals surface area (Å²) in [6.07, 6.45) is 0.976. The van der Waals surface area contributed by atoms with E-state index in [9.17, 15) is 15.0 Å². The van der Waals surface area contributed by atoms with Gasteiger partial charge in [0.05, 0.1) is 0 Å². The van der Waals surface area contributed by atoms with E-state index in [2.05, 4.69) is 26.1 Å². The normalized spacial score (nSPS) is 19.2.